The standard InChI is InChI=1S/C10H13NO.BrH/c12-9-4-5-10-8(7-9)3-1-2-6-11-10;/h4-5,7,11-12H,1-3,6H2;1H. The highest BCUT2D eigenvalue weighted by atomic mass is 79.9. The number of halogens is 1. The molecule has 1 aromatic rings. The second kappa shape index (κ2) is 4.51. The van der Waals surface area contributed by atoms with Gasteiger partial charge in [-0.25, -0.2) is 0 Å². The SMILES string of the molecule is Br.Oc1ccc2c(c1)CCCCN2. The Bertz CT molecular complexity index is 288. The van der Waals surface area contributed by atoms with Gasteiger partial charge in [0, 0.05) is 12.2 Å². The maximum Gasteiger partial charge on any atom is 0.116 e. The van der Waals surface area contributed by atoms with E-state index in [2.05, 4.69) is 5.32 Å². The molecule has 0 saturated carbocycles. The molecule has 0 fully saturated rings. The predicted molar refractivity (Wildman–Crippen MR) is 59.9 cm³/mol. The molecule has 2 rings (SSSR count). The van der Waals surface area contributed by atoms with Gasteiger partial charge >= 0.3 is 0 Å². The minimum absolute atomic E-state index is 0. The lowest BCUT2D eigenvalue weighted by Gasteiger charge is -2.06. The number of benzene rings is 1. The van der Waals surface area contributed by atoms with Crippen LogP contribution < -0.4 is 5.32 Å². The third-order valence-electron chi connectivity index (χ3n) is 2.28. The van der Waals surface area contributed by atoms with E-state index in [1.54, 1.807) is 6.07 Å². The van der Waals surface area contributed by atoms with Crippen molar-refractivity contribution in [2.75, 3.05) is 11.9 Å². The summed E-state index contributed by atoms with van der Waals surface area (Å²) in [6.07, 6.45) is 3.51. The summed E-state index contributed by atoms with van der Waals surface area (Å²) in [5.41, 5.74) is 2.43. The number of hydrogen-bond donors (Lipinski definition) is 2. The van der Waals surface area contributed by atoms with Crippen molar-refractivity contribution >= 4 is 22.7 Å². The molecule has 0 atom stereocenters. The molecule has 0 aromatic heterocycles. The first-order valence-corrected chi connectivity index (χ1v) is 4.42. The fourth-order valence-electron chi connectivity index (χ4n) is 1.62. The first kappa shape index (κ1) is 10.4. The maximum absolute atomic E-state index is 9.25. The number of aromatic hydroxyl groups is 1. The first-order valence-electron chi connectivity index (χ1n) is 4.42. The van der Waals surface area contributed by atoms with E-state index in [9.17, 15) is 5.11 Å². The summed E-state index contributed by atoms with van der Waals surface area (Å²) in [6.45, 7) is 1.05. The van der Waals surface area contributed by atoms with Crippen molar-refractivity contribution in [2.24, 2.45) is 0 Å². The molecule has 0 spiro atoms. The van der Waals surface area contributed by atoms with Gasteiger partial charge < -0.3 is 10.4 Å². The van der Waals surface area contributed by atoms with E-state index in [4.69, 9.17) is 0 Å². The third-order valence-corrected chi connectivity index (χ3v) is 2.28. The van der Waals surface area contributed by atoms with Gasteiger partial charge in [0.25, 0.3) is 0 Å². The van der Waals surface area contributed by atoms with Crippen LogP contribution in [0, 0.1) is 0 Å². The van der Waals surface area contributed by atoms with Crippen molar-refractivity contribution in [3.8, 4) is 5.75 Å². The lowest BCUT2D eigenvalue weighted by Crippen LogP contribution is -1.98. The van der Waals surface area contributed by atoms with Gasteiger partial charge in [0.15, 0.2) is 0 Å². The van der Waals surface area contributed by atoms with Gasteiger partial charge in [-0.2, -0.15) is 0 Å². The molecular weight excluding hydrogens is 230 g/mol. The first-order chi connectivity index (χ1) is 5.86. The Balaban J connectivity index is 0.000000845. The molecule has 72 valence electrons. The quantitative estimate of drug-likeness (QED) is 0.688. The summed E-state index contributed by atoms with van der Waals surface area (Å²) >= 11 is 0. The number of anilines is 1. The van der Waals surface area contributed by atoms with Crippen molar-refractivity contribution in [3.63, 3.8) is 0 Å². The molecule has 1 aliphatic heterocycles. The molecule has 13 heavy (non-hydrogen) atoms. The van der Waals surface area contributed by atoms with Crippen LogP contribution in [0.4, 0.5) is 5.69 Å². The Morgan fingerprint density at radius 2 is 2.08 bits per heavy atom. The van der Waals surface area contributed by atoms with Gasteiger partial charge in [0.05, 0.1) is 0 Å². The van der Waals surface area contributed by atoms with Crippen molar-refractivity contribution in [1.29, 1.82) is 0 Å². The van der Waals surface area contributed by atoms with Gasteiger partial charge in [-0.3, -0.25) is 0 Å². The lowest BCUT2D eigenvalue weighted by atomic mass is 10.1. The second-order valence-electron chi connectivity index (χ2n) is 3.23. The summed E-state index contributed by atoms with van der Waals surface area (Å²) in [4.78, 5) is 0. The van der Waals surface area contributed by atoms with Crippen LogP contribution in [0.3, 0.4) is 0 Å². The second-order valence-corrected chi connectivity index (χ2v) is 3.23. The highest BCUT2D eigenvalue weighted by Gasteiger charge is 2.06. The smallest absolute Gasteiger partial charge is 0.116 e. The number of phenols is 1. The summed E-state index contributed by atoms with van der Waals surface area (Å²) in [7, 11) is 0. The van der Waals surface area contributed by atoms with Gasteiger partial charge in [-0.1, -0.05) is 0 Å². The highest BCUT2D eigenvalue weighted by Crippen LogP contribution is 2.24. The summed E-state index contributed by atoms with van der Waals surface area (Å²) in [5, 5.41) is 12.6. The molecule has 3 heteroatoms. The van der Waals surface area contributed by atoms with E-state index < -0.39 is 0 Å². The largest absolute Gasteiger partial charge is 0.508 e. The fourth-order valence-corrected chi connectivity index (χ4v) is 1.62. The molecule has 2 N–H and O–H groups in total. The monoisotopic (exact) mass is 243 g/mol. The third kappa shape index (κ3) is 2.37. The topological polar surface area (TPSA) is 32.3 Å². The van der Waals surface area contributed by atoms with Crippen LogP contribution in [0.5, 0.6) is 5.75 Å². The van der Waals surface area contributed by atoms with Gasteiger partial charge in [-0.05, 0) is 43.0 Å². The molecule has 0 saturated heterocycles. The minimum atomic E-state index is 0. The Hall–Kier alpha value is -0.700. The average Bonchev–Trinajstić information content (AvgIpc) is 2.28. The van der Waals surface area contributed by atoms with Crippen molar-refractivity contribution < 1.29 is 5.11 Å². The van der Waals surface area contributed by atoms with Gasteiger partial charge in [-0.15, -0.1) is 17.0 Å². The Kier molecular flexibility index (Phi) is 3.60. The number of phenolic OH excluding ortho intramolecular Hbond substituents is 1. The highest BCUT2D eigenvalue weighted by molar-refractivity contribution is 8.93. The zero-order chi connectivity index (χ0) is 8.39. The fraction of sp³-hybridized carbons (Fsp3) is 0.400. The minimum Gasteiger partial charge on any atom is -0.508 e. The average molecular weight is 244 g/mol. The van der Waals surface area contributed by atoms with Crippen LogP contribution in [-0.4, -0.2) is 11.7 Å². The van der Waals surface area contributed by atoms with E-state index in [-0.39, 0.29) is 17.0 Å². The normalized spacial score (nSPS) is 14.8. The molecule has 1 heterocycles. The van der Waals surface area contributed by atoms with Gasteiger partial charge in [0.1, 0.15) is 5.75 Å². The molecule has 1 aliphatic rings. The van der Waals surface area contributed by atoms with E-state index in [0.29, 0.717) is 5.75 Å². The van der Waals surface area contributed by atoms with Crippen LogP contribution in [0.1, 0.15) is 18.4 Å². The zero-order valence-electron chi connectivity index (χ0n) is 7.42. The Morgan fingerprint density at radius 3 is 2.92 bits per heavy atom. The number of hydrogen-bond acceptors (Lipinski definition) is 2. The van der Waals surface area contributed by atoms with Gasteiger partial charge in [0.2, 0.25) is 0 Å². The summed E-state index contributed by atoms with van der Waals surface area (Å²) in [6, 6.07) is 5.54. The number of rotatable bonds is 0. The molecule has 0 amide bonds. The maximum atomic E-state index is 9.25. The molecule has 0 unspecified atom stereocenters. The van der Waals surface area contributed by atoms with Crippen LogP contribution >= 0.6 is 17.0 Å². The van der Waals surface area contributed by atoms with E-state index in [1.807, 2.05) is 12.1 Å². The molecule has 2 nitrogen and oxygen atoms in total. The number of aryl methyl sites for hydroxylation is 1. The Morgan fingerprint density at radius 1 is 1.23 bits per heavy atom. The number of nitrogens with one attached hydrogen (secondary N) is 1. The van der Waals surface area contributed by atoms with Crippen LogP contribution in [0.25, 0.3) is 0 Å². The molecule has 0 bridgehead atoms. The molecule has 0 radical (unpaired) electrons. The summed E-state index contributed by atoms with van der Waals surface area (Å²) in [5.74, 6) is 0.373. The zero-order valence-corrected chi connectivity index (χ0v) is 9.13. The Labute approximate surface area is 88.7 Å². The van der Waals surface area contributed by atoms with Crippen molar-refractivity contribution in [3.05, 3.63) is 23.8 Å². The van der Waals surface area contributed by atoms with Crippen molar-refractivity contribution in [2.45, 2.75) is 19.3 Å². The van der Waals surface area contributed by atoms with E-state index >= 15 is 0 Å². The van der Waals surface area contributed by atoms with E-state index in [1.165, 1.54) is 24.1 Å². The predicted octanol–water partition coefficient (Wildman–Crippen LogP) is 2.72. The lowest BCUT2D eigenvalue weighted by molar-refractivity contribution is 0.474. The number of fused-ring (bicyclic) bond motifs is 1. The van der Waals surface area contributed by atoms with Crippen LogP contribution in [0.2, 0.25) is 0 Å². The molecule has 1 aromatic carbocycles. The molecular formula is C10H14BrNO. The molecule has 0 aliphatic carbocycles. The van der Waals surface area contributed by atoms with Crippen LogP contribution in [0.15, 0.2) is 18.2 Å². The summed E-state index contributed by atoms with van der Waals surface area (Å²) < 4.78 is 0. The van der Waals surface area contributed by atoms with Crippen molar-refractivity contribution in [1.82, 2.24) is 0 Å². The van der Waals surface area contributed by atoms with E-state index in [0.717, 1.165) is 13.0 Å². The van der Waals surface area contributed by atoms with Crippen LogP contribution in [-0.2, 0) is 6.42 Å².